The van der Waals surface area contributed by atoms with Crippen LogP contribution in [0, 0.1) is 11.8 Å². The van der Waals surface area contributed by atoms with Crippen molar-refractivity contribution in [3.05, 3.63) is 46.5 Å². The van der Waals surface area contributed by atoms with Gasteiger partial charge in [-0.15, -0.1) is 0 Å². The van der Waals surface area contributed by atoms with Crippen molar-refractivity contribution in [1.29, 1.82) is 0 Å². The number of nitrogens with zero attached hydrogens (tertiary/aromatic N) is 1. The minimum absolute atomic E-state index is 0.00361. The zero-order valence-electron chi connectivity index (χ0n) is 26.5. The first-order chi connectivity index (χ1) is 20.6. The van der Waals surface area contributed by atoms with E-state index < -0.39 is 59.6 Å². The lowest BCUT2D eigenvalue weighted by Crippen LogP contribution is -2.63. The Morgan fingerprint density at radius 3 is 2.59 bits per heavy atom. The van der Waals surface area contributed by atoms with Gasteiger partial charge < -0.3 is 33.7 Å². The van der Waals surface area contributed by atoms with Gasteiger partial charge in [-0.1, -0.05) is 56.2 Å². The molecule has 11 nitrogen and oxygen atoms in total. The molecule has 0 saturated carbocycles. The van der Waals surface area contributed by atoms with Crippen LogP contribution in [0.3, 0.4) is 0 Å². The highest BCUT2D eigenvalue weighted by atomic mass is 35.5. The van der Waals surface area contributed by atoms with Crippen molar-refractivity contribution in [1.82, 2.24) is 5.32 Å². The maximum Gasteiger partial charge on any atom is 0.409 e. The van der Waals surface area contributed by atoms with Crippen molar-refractivity contribution >= 4 is 35.3 Å². The Morgan fingerprint density at radius 2 is 1.95 bits per heavy atom. The van der Waals surface area contributed by atoms with E-state index in [-0.39, 0.29) is 23.8 Å². The third-order valence-electron chi connectivity index (χ3n) is 8.68. The van der Waals surface area contributed by atoms with Crippen LogP contribution in [0.1, 0.15) is 53.0 Å². The number of aliphatic hydroxyl groups is 1. The lowest BCUT2D eigenvalue weighted by Gasteiger charge is -2.42. The molecule has 242 valence electrons. The number of esters is 1. The third-order valence-corrected chi connectivity index (χ3v) is 9.06. The fourth-order valence-electron chi connectivity index (χ4n) is 5.88. The minimum Gasteiger partial charge on any atom is -0.495 e. The number of hydrogen-bond acceptors (Lipinski definition) is 9. The minimum atomic E-state index is -1.77. The number of anilines is 1. The van der Waals surface area contributed by atoms with Crippen LogP contribution >= 0.6 is 11.6 Å². The van der Waals surface area contributed by atoms with Crippen molar-refractivity contribution in [2.45, 2.75) is 89.6 Å². The Hall–Kier alpha value is -3.12. The zero-order valence-corrected chi connectivity index (χ0v) is 27.3. The monoisotopic (exact) mass is 634 g/mol. The number of alkyl carbamates (subject to hydrolysis) is 1. The quantitative estimate of drug-likeness (QED) is 0.366. The van der Waals surface area contributed by atoms with Gasteiger partial charge in [0.25, 0.3) is 0 Å². The van der Waals surface area contributed by atoms with Crippen molar-refractivity contribution < 1.29 is 43.2 Å². The summed E-state index contributed by atoms with van der Waals surface area (Å²) in [6, 6.07) is 3.63. The van der Waals surface area contributed by atoms with Gasteiger partial charge in [0.15, 0.2) is 5.72 Å². The molecule has 3 heterocycles. The van der Waals surface area contributed by atoms with Gasteiger partial charge in [-0.2, -0.15) is 0 Å². The van der Waals surface area contributed by atoms with E-state index in [4.69, 9.17) is 35.3 Å². The normalized spacial score (nSPS) is 34.7. The number of benzene rings is 1. The van der Waals surface area contributed by atoms with E-state index in [1.807, 2.05) is 32.1 Å². The van der Waals surface area contributed by atoms with Gasteiger partial charge in [0.05, 0.1) is 31.2 Å². The highest BCUT2D eigenvalue weighted by Gasteiger charge is 2.64. The zero-order chi connectivity index (χ0) is 32.6. The number of epoxide rings is 1. The maximum absolute atomic E-state index is 13.8. The highest BCUT2D eigenvalue weighted by molar-refractivity contribution is 6.35. The summed E-state index contributed by atoms with van der Waals surface area (Å²) < 4.78 is 28.8. The summed E-state index contributed by atoms with van der Waals surface area (Å²) in [5.74, 6) is -1.30. The van der Waals surface area contributed by atoms with E-state index in [1.165, 1.54) is 19.1 Å². The molecule has 0 radical (unpaired) electrons. The highest BCUT2D eigenvalue weighted by Crippen LogP contribution is 2.49. The summed E-state index contributed by atoms with van der Waals surface area (Å²) in [6.07, 6.45) is 1.65. The summed E-state index contributed by atoms with van der Waals surface area (Å²) >= 11 is 6.68. The van der Waals surface area contributed by atoms with Gasteiger partial charge in [-0.25, -0.2) is 4.79 Å². The first-order valence-electron chi connectivity index (χ1n) is 14.7. The van der Waals surface area contributed by atoms with E-state index in [0.717, 1.165) is 11.1 Å². The molecule has 2 fully saturated rings. The topological polar surface area (TPSA) is 136 Å². The van der Waals surface area contributed by atoms with Crippen molar-refractivity contribution in [2.75, 3.05) is 26.2 Å². The molecule has 7 atom stereocenters. The fraction of sp³-hybridized carbons (Fsp3) is 0.594. The number of carbonyl (C=O) groups excluding carboxylic acids is 3. The van der Waals surface area contributed by atoms with E-state index in [1.54, 1.807) is 40.0 Å². The summed E-state index contributed by atoms with van der Waals surface area (Å²) in [7, 11) is 4.56. The van der Waals surface area contributed by atoms with Gasteiger partial charge in [0.1, 0.15) is 34.7 Å². The Balaban J connectivity index is 1.80. The molecule has 2 amide bonds. The van der Waals surface area contributed by atoms with Crippen molar-refractivity contribution in [3.8, 4) is 5.75 Å². The lowest BCUT2D eigenvalue weighted by molar-refractivity contribution is -0.157. The molecule has 3 aliphatic heterocycles. The molecule has 44 heavy (non-hydrogen) atoms. The maximum atomic E-state index is 13.8. The average molecular weight is 635 g/mol. The second-order valence-electron chi connectivity index (χ2n) is 12.4. The predicted octanol–water partition coefficient (Wildman–Crippen LogP) is 4.32. The standard InChI is InChI=1S/C32H43ClN2O9/c1-17(2)29(37)43-25-15-26(36)35(6)21-13-20(14-22(40-7)27(21)33)12-18(3)10-9-11-24(41-8)32(39)16-23(42-30(38)34-32)19(4)28-31(25,5)44-28/h9-11,13-14,17,19,23-25,28,39H,12,15-16H2,1-8H3,(H,34,38)/b11-9-,18-10-/t19-,23+,24-,25-,28-,31-,32+/m0/s1. The Labute approximate surface area is 263 Å². The molecule has 12 heteroatoms. The van der Waals surface area contributed by atoms with Crippen LogP contribution in [0.15, 0.2) is 35.9 Å². The van der Waals surface area contributed by atoms with E-state index >= 15 is 0 Å². The predicted molar refractivity (Wildman–Crippen MR) is 164 cm³/mol. The summed E-state index contributed by atoms with van der Waals surface area (Å²) in [6.45, 7) is 8.95. The van der Waals surface area contributed by atoms with Crippen LogP contribution < -0.4 is 15.0 Å². The largest absolute Gasteiger partial charge is 0.495 e. The molecule has 1 aromatic rings. The third kappa shape index (κ3) is 6.91. The summed E-state index contributed by atoms with van der Waals surface area (Å²) in [4.78, 5) is 40.7. The Morgan fingerprint density at radius 1 is 1.25 bits per heavy atom. The second-order valence-corrected chi connectivity index (χ2v) is 12.8. The number of fused-ring (bicyclic) bond motifs is 5. The molecule has 0 unspecified atom stereocenters. The number of methoxy groups -OCH3 is 2. The van der Waals surface area contributed by atoms with Crippen LogP contribution in [-0.2, 0) is 35.0 Å². The van der Waals surface area contributed by atoms with Gasteiger partial charge in [0.2, 0.25) is 5.91 Å². The van der Waals surface area contributed by atoms with Crippen LogP contribution in [0.4, 0.5) is 10.5 Å². The summed E-state index contributed by atoms with van der Waals surface area (Å²) in [5, 5.41) is 14.4. The van der Waals surface area contributed by atoms with Crippen LogP contribution in [0.25, 0.3) is 0 Å². The number of rotatable bonds is 4. The molecule has 1 aromatic carbocycles. The van der Waals surface area contributed by atoms with Crippen LogP contribution in [-0.4, -0.2) is 80.1 Å². The second kappa shape index (κ2) is 13.1. The number of amides is 2. The molecule has 0 spiro atoms. The van der Waals surface area contributed by atoms with Crippen LogP contribution in [0.5, 0.6) is 5.75 Å². The average Bonchev–Trinajstić information content (AvgIpc) is 3.66. The smallest absolute Gasteiger partial charge is 0.409 e. The molecular formula is C32H43ClN2O9. The van der Waals surface area contributed by atoms with Gasteiger partial charge in [-0.05, 0) is 38.0 Å². The van der Waals surface area contributed by atoms with Gasteiger partial charge >= 0.3 is 12.1 Å². The number of carbonyl (C=O) groups is 3. The molecule has 0 aromatic heterocycles. The molecule has 4 rings (SSSR count). The van der Waals surface area contributed by atoms with E-state index in [0.29, 0.717) is 17.9 Å². The molecule has 2 saturated heterocycles. The molecule has 4 bridgehead atoms. The van der Waals surface area contributed by atoms with Gasteiger partial charge in [0, 0.05) is 26.5 Å². The number of hydrogen-bond donors (Lipinski definition) is 2. The fourth-order valence-corrected chi connectivity index (χ4v) is 6.19. The number of nitrogens with one attached hydrogen (secondary N) is 1. The Kier molecular flexibility index (Phi) is 10.0. The van der Waals surface area contributed by atoms with Crippen molar-refractivity contribution in [2.24, 2.45) is 11.8 Å². The van der Waals surface area contributed by atoms with E-state index in [9.17, 15) is 19.5 Å². The Bertz CT molecular complexity index is 1350. The van der Waals surface area contributed by atoms with E-state index in [2.05, 4.69) is 5.32 Å². The molecular weight excluding hydrogens is 592 g/mol. The first-order valence-corrected chi connectivity index (χ1v) is 15.1. The van der Waals surface area contributed by atoms with Gasteiger partial charge in [-0.3, -0.25) is 14.9 Å². The first kappa shape index (κ1) is 33.8. The number of halogens is 1. The lowest BCUT2D eigenvalue weighted by atomic mass is 9.83. The molecule has 0 aliphatic carbocycles. The number of allylic oxidation sites excluding steroid dienone is 3. The molecule has 3 aliphatic rings. The van der Waals surface area contributed by atoms with Crippen molar-refractivity contribution in [3.63, 3.8) is 0 Å². The molecule has 2 N–H and O–H groups in total. The SMILES string of the molecule is COc1cc2cc(c1Cl)N(C)C(=O)C[C@H](OC(=O)C(C)C)[C@]1(C)O[C@H]1[C@@H](C)[C@H]1C[C@](O)(NC(=O)O1)[C@@H](OC)/C=C\C=C(\C)C2. The van der Waals surface area contributed by atoms with Crippen LogP contribution in [0.2, 0.25) is 5.02 Å². The summed E-state index contributed by atoms with van der Waals surface area (Å²) in [5.41, 5.74) is -0.587. The number of ether oxygens (including phenoxy) is 5.